The van der Waals surface area contributed by atoms with Crippen LogP contribution < -0.4 is 16.4 Å². The zero-order valence-corrected chi connectivity index (χ0v) is 30.7. The number of carbonyl (C=O) groups excluding carboxylic acids is 2. The van der Waals surface area contributed by atoms with E-state index in [1.165, 1.54) is 32.1 Å². The number of aliphatic hydroxyl groups excluding tert-OH is 1. The summed E-state index contributed by atoms with van der Waals surface area (Å²) in [4.78, 5) is 27.5. The number of ether oxygens (including phenoxy) is 2. The molecule has 4 aromatic rings. The number of nitrogens with zero attached hydrogens (tertiary/aromatic N) is 1. The molecule has 0 radical (unpaired) electrons. The van der Waals surface area contributed by atoms with Gasteiger partial charge in [0.1, 0.15) is 0 Å². The van der Waals surface area contributed by atoms with Crippen LogP contribution in [-0.4, -0.2) is 47.6 Å². The molecule has 0 spiro atoms. The summed E-state index contributed by atoms with van der Waals surface area (Å²) in [6.07, 6.45) is 8.46. The van der Waals surface area contributed by atoms with Crippen molar-refractivity contribution < 1.29 is 24.2 Å². The van der Waals surface area contributed by atoms with Gasteiger partial charge in [-0.05, 0) is 90.9 Å². The van der Waals surface area contributed by atoms with Gasteiger partial charge in [0.25, 0.3) is 0 Å². The Hall–Kier alpha value is -4.54. The normalized spacial score (nSPS) is 19.5. The maximum atomic E-state index is 12.6. The smallest absolute Gasteiger partial charge is 0.224 e. The highest BCUT2D eigenvalue weighted by Crippen LogP contribution is 2.39. The maximum Gasteiger partial charge on any atom is 0.224 e. The van der Waals surface area contributed by atoms with E-state index in [9.17, 15) is 14.7 Å². The number of unbranched alkanes of at least 4 members (excludes halogenated alkanes) is 1. The number of benzene rings is 4. The van der Waals surface area contributed by atoms with Crippen LogP contribution in [0.5, 0.6) is 0 Å². The molecule has 53 heavy (non-hydrogen) atoms. The highest BCUT2D eigenvalue weighted by molar-refractivity contribution is 5.93. The topological polar surface area (TPSA) is 126 Å². The summed E-state index contributed by atoms with van der Waals surface area (Å²) in [5.74, 6) is -0.148. The zero-order chi connectivity index (χ0) is 36.8. The number of amides is 2. The molecule has 9 heteroatoms. The first kappa shape index (κ1) is 38.2. The Kier molecular flexibility index (Phi) is 14.1. The molecule has 2 fully saturated rings. The molecule has 2 heterocycles. The molecule has 6 rings (SSSR count). The SMILES string of the molecule is Nc1ccccc1NC(=O)CCCCC(=O)NCc1cccc(-c2cccc([C@H]3O[C@@H](CN4CCCCCCC4)C[C@@H](c4ccc(CO)cc4)O3)c2)c1. The molecule has 2 aliphatic heterocycles. The van der Waals surface area contributed by atoms with Crippen LogP contribution in [0, 0.1) is 0 Å². The summed E-state index contributed by atoms with van der Waals surface area (Å²) in [5, 5.41) is 15.5. The van der Waals surface area contributed by atoms with E-state index < -0.39 is 6.29 Å². The van der Waals surface area contributed by atoms with Crippen molar-refractivity contribution in [3.63, 3.8) is 0 Å². The van der Waals surface area contributed by atoms with Crippen molar-refractivity contribution in [1.82, 2.24) is 10.2 Å². The molecule has 0 bridgehead atoms. The first-order chi connectivity index (χ1) is 25.9. The molecule has 2 aliphatic rings. The summed E-state index contributed by atoms with van der Waals surface area (Å²) in [6.45, 7) is 3.54. The second-order valence-corrected chi connectivity index (χ2v) is 14.4. The molecule has 2 saturated heterocycles. The monoisotopic (exact) mass is 718 g/mol. The number of carbonyl (C=O) groups is 2. The maximum absolute atomic E-state index is 12.6. The Balaban J connectivity index is 1.05. The second-order valence-electron chi connectivity index (χ2n) is 14.4. The van der Waals surface area contributed by atoms with E-state index in [1.54, 1.807) is 12.1 Å². The number of likely N-dealkylation sites (tertiary alicyclic amines) is 1. The lowest BCUT2D eigenvalue weighted by atomic mass is 9.98. The van der Waals surface area contributed by atoms with E-state index >= 15 is 0 Å². The van der Waals surface area contributed by atoms with Crippen molar-refractivity contribution in [3.05, 3.63) is 119 Å². The van der Waals surface area contributed by atoms with E-state index in [-0.39, 0.29) is 30.6 Å². The fourth-order valence-electron chi connectivity index (χ4n) is 7.23. The van der Waals surface area contributed by atoms with Crippen molar-refractivity contribution >= 4 is 23.2 Å². The molecule has 5 N–H and O–H groups in total. The van der Waals surface area contributed by atoms with Gasteiger partial charge in [0.15, 0.2) is 6.29 Å². The lowest BCUT2D eigenvalue weighted by Gasteiger charge is -2.39. The van der Waals surface area contributed by atoms with Gasteiger partial charge in [-0.2, -0.15) is 0 Å². The van der Waals surface area contributed by atoms with E-state index in [4.69, 9.17) is 15.2 Å². The molecule has 3 atom stereocenters. The first-order valence-corrected chi connectivity index (χ1v) is 19.3. The van der Waals surface area contributed by atoms with Crippen molar-refractivity contribution in [3.8, 4) is 11.1 Å². The van der Waals surface area contributed by atoms with Crippen LogP contribution in [0.25, 0.3) is 11.1 Å². The quantitative estimate of drug-likeness (QED) is 0.0768. The molecule has 0 aromatic heterocycles. The van der Waals surface area contributed by atoms with Gasteiger partial charge in [-0.3, -0.25) is 9.59 Å². The average molecular weight is 719 g/mol. The fraction of sp³-hybridized carbons (Fsp3) is 0.409. The van der Waals surface area contributed by atoms with Gasteiger partial charge in [-0.25, -0.2) is 0 Å². The number of anilines is 2. The molecule has 0 saturated carbocycles. The number of rotatable bonds is 14. The van der Waals surface area contributed by atoms with E-state index in [0.29, 0.717) is 43.6 Å². The van der Waals surface area contributed by atoms with Gasteiger partial charge in [0.05, 0.1) is 30.2 Å². The Morgan fingerprint density at radius 1 is 0.736 bits per heavy atom. The summed E-state index contributed by atoms with van der Waals surface area (Å²) in [5.41, 5.74) is 13.1. The molecule has 9 nitrogen and oxygen atoms in total. The number of hydrogen-bond acceptors (Lipinski definition) is 7. The van der Waals surface area contributed by atoms with Crippen LogP contribution in [0.1, 0.15) is 98.9 Å². The van der Waals surface area contributed by atoms with Crippen LogP contribution in [0.15, 0.2) is 97.1 Å². The first-order valence-electron chi connectivity index (χ1n) is 19.3. The Morgan fingerprint density at radius 2 is 1.43 bits per heavy atom. The van der Waals surface area contributed by atoms with Gasteiger partial charge in [0.2, 0.25) is 11.8 Å². The predicted octanol–water partition coefficient (Wildman–Crippen LogP) is 8.05. The van der Waals surface area contributed by atoms with E-state index in [0.717, 1.165) is 59.4 Å². The predicted molar refractivity (Wildman–Crippen MR) is 210 cm³/mol. The van der Waals surface area contributed by atoms with Gasteiger partial charge < -0.3 is 35.8 Å². The minimum absolute atomic E-state index is 0.0173. The minimum atomic E-state index is -0.518. The average Bonchev–Trinajstić information content (AvgIpc) is 3.18. The van der Waals surface area contributed by atoms with Crippen LogP contribution in [0.2, 0.25) is 0 Å². The summed E-state index contributed by atoms with van der Waals surface area (Å²) >= 11 is 0. The minimum Gasteiger partial charge on any atom is -0.397 e. The fourth-order valence-corrected chi connectivity index (χ4v) is 7.23. The van der Waals surface area contributed by atoms with Crippen molar-refractivity contribution in [2.45, 2.75) is 95.9 Å². The number of aliphatic hydroxyl groups is 1. The van der Waals surface area contributed by atoms with Crippen molar-refractivity contribution in [2.24, 2.45) is 0 Å². The van der Waals surface area contributed by atoms with Crippen LogP contribution in [0.4, 0.5) is 11.4 Å². The number of nitrogens with one attached hydrogen (secondary N) is 2. The highest BCUT2D eigenvalue weighted by atomic mass is 16.7. The molecular weight excluding hydrogens is 665 g/mol. The molecule has 280 valence electrons. The lowest BCUT2D eigenvalue weighted by molar-refractivity contribution is -0.253. The van der Waals surface area contributed by atoms with E-state index in [2.05, 4.69) is 58.0 Å². The van der Waals surface area contributed by atoms with Crippen LogP contribution in [-0.2, 0) is 32.2 Å². The summed E-state index contributed by atoms with van der Waals surface area (Å²) in [7, 11) is 0. The van der Waals surface area contributed by atoms with Gasteiger partial charge in [-0.15, -0.1) is 0 Å². The molecule has 0 aliphatic carbocycles. The third-order valence-corrected chi connectivity index (χ3v) is 10.2. The van der Waals surface area contributed by atoms with Crippen molar-refractivity contribution in [2.75, 3.05) is 30.7 Å². The van der Waals surface area contributed by atoms with E-state index in [1.807, 2.05) is 42.5 Å². The van der Waals surface area contributed by atoms with Gasteiger partial charge in [0, 0.05) is 37.9 Å². The second kappa shape index (κ2) is 19.5. The largest absolute Gasteiger partial charge is 0.397 e. The van der Waals surface area contributed by atoms with Crippen molar-refractivity contribution in [1.29, 1.82) is 0 Å². The third-order valence-electron chi connectivity index (χ3n) is 10.2. The van der Waals surface area contributed by atoms with Crippen LogP contribution in [0.3, 0.4) is 0 Å². The lowest BCUT2D eigenvalue weighted by Crippen LogP contribution is -2.40. The third kappa shape index (κ3) is 11.5. The Morgan fingerprint density at radius 3 is 2.19 bits per heavy atom. The standard InChI is InChI=1S/C44H54N4O5/c45-39-16-4-5-17-40(39)47-43(51)19-7-6-18-42(50)46-29-33-12-10-13-35(26-33)36-14-11-15-37(27-36)44-52-38(30-48-24-8-2-1-3-9-25-48)28-41(53-44)34-22-20-32(31-49)21-23-34/h4-5,10-17,20-23,26-27,38,41,44,49H,1-3,6-9,18-19,24-25,28-31,45H2,(H,46,50)(H,47,51)/t38-,41+,44+/m1/s1. The van der Waals surface area contributed by atoms with Crippen LogP contribution >= 0.6 is 0 Å². The molecule has 0 unspecified atom stereocenters. The molecule has 4 aromatic carbocycles. The van der Waals surface area contributed by atoms with Gasteiger partial charge >= 0.3 is 0 Å². The van der Waals surface area contributed by atoms with Gasteiger partial charge in [-0.1, -0.05) is 92.1 Å². The Bertz CT molecular complexity index is 1770. The summed E-state index contributed by atoms with van der Waals surface area (Å²) < 4.78 is 13.4. The Labute approximate surface area is 313 Å². The molecular formula is C44H54N4O5. The highest BCUT2D eigenvalue weighted by Gasteiger charge is 2.33. The number of nitrogens with two attached hydrogens (primary N) is 1. The number of nitrogen functional groups attached to an aromatic ring is 1. The zero-order valence-electron chi connectivity index (χ0n) is 30.7. The molecule has 2 amide bonds. The summed E-state index contributed by atoms with van der Waals surface area (Å²) in [6, 6.07) is 31.8. The number of hydrogen-bond donors (Lipinski definition) is 4. The number of para-hydroxylation sites is 2.